The fraction of sp³-hybridized carbons (Fsp3) is 0.281. The van der Waals surface area contributed by atoms with E-state index in [9.17, 15) is 14.4 Å². The van der Waals surface area contributed by atoms with Gasteiger partial charge in [0.25, 0.3) is 0 Å². The zero-order chi connectivity index (χ0) is 27.8. The van der Waals surface area contributed by atoms with Gasteiger partial charge in [0.1, 0.15) is 18.8 Å². The molecule has 0 heterocycles. The first-order valence-corrected chi connectivity index (χ1v) is 12.9. The molecule has 3 aromatic rings. The van der Waals surface area contributed by atoms with E-state index in [2.05, 4.69) is 17.4 Å². The summed E-state index contributed by atoms with van der Waals surface area (Å²) in [6.45, 7) is 5.52. The lowest BCUT2D eigenvalue weighted by Crippen LogP contribution is -2.37. The van der Waals surface area contributed by atoms with Crippen LogP contribution in [0.25, 0.3) is 11.1 Å². The van der Waals surface area contributed by atoms with Crippen LogP contribution in [0.3, 0.4) is 0 Å². The molecule has 0 fully saturated rings. The lowest BCUT2D eigenvalue weighted by atomic mass is 9.98. The number of hydrogen-bond acceptors (Lipinski definition) is 6. The summed E-state index contributed by atoms with van der Waals surface area (Å²) in [4.78, 5) is 37.6. The van der Waals surface area contributed by atoms with Crippen LogP contribution in [0.15, 0.2) is 91.0 Å². The van der Waals surface area contributed by atoms with Gasteiger partial charge in [-0.1, -0.05) is 84.9 Å². The molecule has 4 rings (SSSR count). The van der Waals surface area contributed by atoms with E-state index in [-0.39, 0.29) is 25.6 Å². The highest BCUT2D eigenvalue weighted by molar-refractivity contribution is 5.83. The molecule has 3 aromatic carbocycles. The van der Waals surface area contributed by atoms with Gasteiger partial charge in [-0.15, -0.1) is 0 Å². The minimum Gasteiger partial charge on any atom is -0.460 e. The minimum absolute atomic E-state index is 0.101. The Morgan fingerprint density at radius 1 is 0.846 bits per heavy atom. The van der Waals surface area contributed by atoms with Gasteiger partial charge in [0.15, 0.2) is 0 Å². The van der Waals surface area contributed by atoms with Crippen molar-refractivity contribution in [2.75, 3.05) is 6.61 Å². The zero-order valence-corrected chi connectivity index (χ0v) is 22.4. The first-order valence-electron chi connectivity index (χ1n) is 12.9. The molecule has 0 unspecified atom stereocenters. The summed E-state index contributed by atoms with van der Waals surface area (Å²) in [5, 5.41) is 2.68. The summed E-state index contributed by atoms with van der Waals surface area (Å²) >= 11 is 0. The first kappa shape index (κ1) is 27.6. The molecule has 7 nitrogen and oxygen atoms in total. The molecule has 7 heteroatoms. The zero-order valence-electron chi connectivity index (χ0n) is 22.4. The van der Waals surface area contributed by atoms with Gasteiger partial charge in [-0.25, -0.2) is 9.59 Å². The van der Waals surface area contributed by atoms with Crippen molar-refractivity contribution < 1.29 is 28.6 Å². The Morgan fingerprint density at radius 3 is 2.05 bits per heavy atom. The quantitative estimate of drug-likeness (QED) is 0.211. The number of fused-ring (bicyclic) bond motifs is 3. The molecular weight excluding hydrogens is 494 g/mol. The molecule has 1 aliphatic carbocycles. The molecule has 0 aliphatic heterocycles. The van der Waals surface area contributed by atoms with Crippen LogP contribution < -0.4 is 5.32 Å². The van der Waals surface area contributed by atoms with Crippen LogP contribution in [-0.4, -0.2) is 36.3 Å². The SMILES string of the molecule is CC(C)(C)OC(=O)C[C@@H](/C=C/C(=O)OCc1ccccc1)NC(=O)OCC1c2ccccc2-c2ccccc21. The third-order valence-electron chi connectivity index (χ3n) is 6.14. The van der Waals surface area contributed by atoms with Gasteiger partial charge in [-0.05, 0) is 48.6 Å². The van der Waals surface area contributed by atoms with E-state index in [1.165, 1.54) is 12.2 Å². The van der Waals surface area contributed by atoms with Crippen molar-refractivity contribution in [1.82, 2.24) is 5.32 Å². The maximum Gasteiger partial charge on any atom is 0.407 e. The van der Waals surface area contributed by atoms with E-state index < -0.39 is 29.7 Å². The van der Waals surface area contributed by atoms with Crippen LogP contribution in [0.5, 0.6) is 0 Å². The third kappa shape index (κ3) is 7.80. The van der Waals surface area contributed by atoms with Gasteiger partial charge < -0.3 is 19.5 Å². The number of hydrogen-bond donors (Lipinski definition) is 1. The van der Waals surface area contributed by atoms with Crippen LogP contribution in [0, 0.1) is 0 Å². The molecule has 1 aliphatic rings. The molecular formula is C32H33NO6. The van der Waals surface area contributed by atoms with Crippen molar-refractivity contribution in [3.05, 3.63) is 108 Å². The molecule has 1 amide bonds. The Labute approximate surface area is 228 Å². The maximum absolute atomic E-state index is 12.8. The summed E-state index contributed by atoms with van der Waals surface area (Å²) in [5.41, 5.74) is 4.60. The van der Waals surface area contributed by atoms with Crippen LogP contribution in [-0.2, 0) is 30.4 Å². The number of rotatable bonds is 9. The molecule has 1 N–H and O–H groups in total. The third-order valence-corrected chi connectivity index (χ3v) is 6.14. The molecule has 1 atom stereocenters. The maximum atomic E-state index is 12.8. The highest BCUT2D eigenvalue weighted by Gasteiger charge is 2.29. The number of amides is 1. The molecule has 0 saturated carbocycles. The van der Waals surface area contributed by atoms with Gasteiger partial charge in [-0.3, -0.25) is 4.79 Å². The normalized spacial score (nSPS) is 13.3. The smallest absolute Gasteiger partial charge is 0.407 e. The Bertz CT molecular complexity index is 1300. The van der Waals surface area contributed by atoms with Gasteiger partial charge in [0.05, 0.1) is 12.5 Å². The number of ether oxygens (including phenoxy) is 3. The highest BCUT2D eigenvalue weighted by atomic mass is 16.6. The molecule has 0 aromatic heterocycles. The van der Waals surface area contributed by atoms with Crippen molar-refractivity contribution in [3.8, 4) is 11.1 Å². The number of alkyl carbamates (subject to hydrolysis) is 1. The van der Waals surface area contributed by atoms with E-state index >= 15 is 0 Å². The lowest BCUT2D eigenvalue weighted by Gasteiger charge is -2.22. The van der Waals surface area contributed by atoms with Gasteiger partial charge in [0, 0.05) is 12.0 Å². The Morgan fingerprint density at radius 2 is 1.44 bits per heavy atom. The van der Waals surface area contributed by atoms with E-state index in [1.807, 2.05) is 66.7 Å². The first-order chi connectivity index (χ1) is 18.7. The minimum atomic E-state index is -0.834. The van der Waals surface area contributed by atoms with Crippen molar-refractivity contribution in [2.45, 2.75) is 51.4 Å². The second kappa shape index (κ2) is 12.4. The van der Waals surface area contributed by atoms with Crippen LogP contribution in [0.4, 0.5) is 4.79 Å². The number of esters is 2. The largest absolute Gasteiger partial charge is 0.460 e. The average molecular weight is 528 g/mol. The monoisotopic (exact) mass is 527 g/mol. The van der Waals surface area contributed by atoms with Gasteiger partial charge >= 0.3 is 18.0 Å². The fourth-order valence-electron chi connectivity index (χ4n) is 4.49. The highest BCUT2D eigenvalue weighted by Crippen LogP contribution is 2.44. The number of carbonyl (C=O) groups is 3. The standard InChI is InChI=1S/C32H33NO6/c1-32(2,3)39-30(35)19-23(17-18-29(34)37-20-22-11-5-4-6-12-22)33-31(36)38-21-28-26-15-9-7-13-24(26)25-14-8-10-16-27(25)28/h4-18,23,28H,19-21H2,1-3H3,(H,33,36)/b18-17+/t23-/m1/s1. The van der Waals surface area contributed by atoms with Crippen LogP contribution in [0.1, 0.15) is 49.8 Å². The van der Waals surface area contributed by atoms with Gasteiger partial charge in [0.2, 0.25) is 0 Å². The van der Waals surface area contributed by atoms with Crippen molar-refractivity contribution in [3.63, 3.8) is 0 Å². The Balaban J connectivity index is 1.39. The molecule has 0 bridgehead atoms. The van der Waals surface area contributed by atoms with E-state index in [0.717, 1.165) is 27.8 Å². The number of nitrogens with one attached hydrogen (secondary N) is 1. The van der Waals surface area contributed by atoms with Crippen LogP contribution in [0.2, 0.25) is 0 Å². The number of carbonyl (C=O) groups excluding carboxylic acids is 3. The molecule has 202 valence electrons. The van der Waals surface area contributed by atoms with Crippen LogP contribution >= 0.6 is 0 Å². The van der Waals surface area contributed by atoms with Crippen molar-refractivity contribution in [2.24, 2.45) is 0 Å². The predicted octanol–water partition coefficient (Wildman–Crippen LogP) is 5.93. The second-order valence-electron chi connectivity index (χ2n) is 10.3. The second-order valence-corrected chi connectivity index (χ2v) is 10.3. The summed E-state index contributed by atoms with van der Waals surface area (Å²) in [7, 11) is 0. The Hall–Kier alpha value is -4.39. The Kier molecular flexibility index (Phi) is 8.81. The topological polar surface area (TPSA) is 90.9 Å². The van der Waals surface area contributed by atoms with Crippen molar-refractivity contribution >= 4 is 18.0 Å². The summed E-state index contributed by atoms with van der Waals surface area (Å²) in [6.07, 6.45) is 1.73. The van der Waals surface area contributed by atoms with E-state index in [4.69, 9.17) is 14.2 Å². The van der Waals surface area contributed by atoms with Gasteiger partial charge in [-0.2, -0.15) is 0 Å². The van der Waals surface area contributed by atoms with E-state index in [1.54, 1.807) is 20.8 Å². The summed E-state index contributed by atoms with van der Waals surface area (Å²) < 4.78 is 16.3. The van der Waals surface area contributed by atoms with E-state index in [0.29, 0.717) is 0 Å². The van der Waals surface area contributed by atoms with Crippen molar-refractivity contribution in [1.29, 1.82) is 0 Å². The predicted molar refractivity (Wildman–Crippen MR) is 148 cm³/mol. The molecule has 39 heavy (non-hydrogen) atoms. The molecule has 0 saturated heterocycles. The molecule has 0 spiro atoms. The fourth-order valence-corrected chi connectivity index (χ4v) is 4.49. The average Bonchev–Trinajstić information content (AvgIpc) is 3.22. The summed E-state index contributed by atoms with van der Waals surface area (Å²) in [5.74, 6) is -1.22. The summed E-state index contributed by atoms with van der Waals surface area (Å²) in [6, 6.07) is 24.6. The molecule has 0 radical (unpaired) electrons. The lowest BCUT2D eigenvalue weighted by molar-refractivity contribution is -0.155. The number of benzene rings is 3.